The summed E-state index contributed by atoms with van der Waals surface area (Å²) in [6.07, 6.45) is 0.352. The van der Waals surface area contributed by atoms with Crippen molar-refractivity contribution in [3.63, 3.8) is 0 Å². The molecule has 108 valence electrons. The van der Waals surface area contributed by atoms with Gasteiger partial charge in [0.05, 0.1) is 18.7 Å². The normalized spacial score (nSPS) is 12.2. The Kier molecular flexibility index (Phi) is 6.85. The van der Waals surface area contributed by atoms with Crippen LogP contribution in [-0.4, -0.2) is 43.5 Å². The van der Waals surface area contributed by atoms with E-state index in [4.69, 9.17) is 10.00 Å². The van der Waals surface area contributed by atoms with E-state index >= 15 is 0 Å². The molecule has 1 unspecified atom stereocenters. The van der Waals surface area contributed by atoms with Crippen molar-refractivity contribution in [2.45, 2.75) is 19.4 Å². The Balaban J connectivity index is 2.76. The van der Waals surface area contributed by atoms with Gasteiger partial charge in [0, 0.05) is 32.2 Å². The van der Waals surface area contributed by atoms with Gasteiger partial charge < -0.3 is 4.74 Å². The maximum Gasteiger partial charge on any atom is 0.179 e. The minimum atomic E-state index is -0.371. The van der Waals surface area contributed by atoms with Crippen LogP contribution in [0.1, 0.15) is 23.7 Å². The smallest absolute Gasteiger partial charge is 0.179 e. The van der Waals surface area contributed by atoms with Gasteiger partial charge >= 0.3 is 0 Å². The van der Waals surface area contributed by atoms with Gasteiger partial charge in [0.2, 0.25) is 0 Å². The molecule has 0 heterocycles. The van der Waals surface area contributed by atoms with Crippen molar-refractivity contribution >= 4 is 5.78 Å². The summed E-state index contributed by atoms with van der Waals surface area (Å²) in [4.78, 5) is 14.2. The van der Waals surface area contributed by atoms with Crippen LogP contribution < -0.4 is 0 Å². The monoisotopic (exact) mass is 278 g/mol. The van der Waals surface area contributed by atoms with Crippen LogP contribution in [0.15, 0.2) is 24.3 Å². The van der Waals surface area contributed by atoms with E-state index in [-0.39, 0.29) is 17.6 Å². The van der Waals surface area contributed by atoms with Crippen molar-refractivity contribution in [3.05, 3.63) is 35.6 Å². The minimum Gasteiger partial charge on any atom is -0.383 e. The molecule has 0 spiro atoms. The average molecular weight is 278 g/mol. The zero-order valence-corrected chi connectivity index (χ0v) is 11.8. The highest BCUT2D eigenvalue weighted by Gasteiger charge is 2.22. The van der Waals surface area contributed by atoms with Crippen LogP contribution in [0.3, 0.4) is 0 Å². The first-order chi connectivity index (χ1) is 9.60. The molecule has 1 atom stereocenters. The number of benzene rings is 1. The van der Waals surface area contributed by atoms with Crippen molar-refractivity contribution in [2.75, 3.05) is 26.8 Å². The second-order valence-electron chi connectivity index (χ2n) is 4.48. The fraction of sp³-hybridized carbons (Fsp3) is 0.467. The van der Waals surface area contributed by atoms with E-state index in [1.54, 1.807) is 14.0 Å². The molecule has 0 aliphatic heterocycles. The fourth-order valence-corrected chi connectivity index (χ4v) is 1.92. The predicted molar refractivity (Wildman–Crippen MR) is 73.9 cm³/mol. The summed E-state index contributed by atoms with van der Waals surface area (Å²) in [5.74, 6) is -0.450. The Labute approximate surface area is 118 Å². The van der Waals surface area contributed by atoms with Crippen LogP contribution in [-0.2, 0) is 4.74 Å². The first-order valence-electron chi connectivity index (χ1n) is 6.50. The minimum absolute atomic E-state index is 0.0842. The third-order valence-corrected chi connectivity index (χ3v) is 3.15. The number of nitriles is 1. The molecule has 20 heavy (non-hydrogen) atoms. The summed E-state index contributed by atoms with van der Waals surface area (Å²) >= 11 is 0. The molecule has 1 aromatic carbocycles. The van der Waals surface area contributed by atoms with E-state index in [1.807, 2.05) is 4.90 Å². The number of ether oxygens (including phenoxy) is 1. The summed E-state index contributed by atoms with van der Waals surface area (Å²) < 4.78 is 17.9. The Morgan fingerprint density at radius 2 is 2.05 bits per heavy atom. The largest absolute Gasteiger partial charge is 0.383 e. The number of rotatable bonds is 8. The summed E-state index contributed by atoms with van der Waals surface area (Å²) in [7, 11) is 1.59. The number of hydrogen-bond donors (Lipinski definition) is 0. The number of halogens is 1. The molecule has 1 rings (SSSR count). The van der Waals surface area contributed by atoms with Gasteiger partial charge in [0.1, 0.15) is 5.82 Å². The van der Waals surface area contributed by atoms with Crippen LogP contribution in [0.2, 0.25) is 0 Å². The van der Waals surface area contributed by atoms with E-state index in [9.17, 15) is 9.18 Å². The zero-order valence-electron chi connectivity index (χ0n) is 11.8. The first kappa shape index (κ1) is 16.3. The molecule has 0 aromatic heterocycles. The summed E-state index contributed by atoms with van der Waals surface area (Å²) in [5.41, 5.74) is 0.471. The lowest BCUT2D eigenvalue weighted by molar-refractivity contribution is 0.0781. The highest BCUT2D eigenvalue weighted by atomic mass is 19.1. The number of carbonyl (C=O) groups is 1. The van der Waals surface area contributed by atoms with Crippen LogP contribution in [0.5, 0.6) is 0 Å². The third-order valence-electron chi connectivity index (χ3n) is 3.15. The van der Waals surface area contributed by atoms with Gasteiger partial charge in [-0.2, -0.15) is 5.26 Å². The summed E-state index contributed by atoms with van der Waals surface area (Å²) in [6.45, 7) is 3.37. The van der Waals surface area contributed by atoms with Crippen molar-refractivity contribution in [1.29, 1.82) is 5.26 Å². The lowest BCUT2D eigenvalue weighted by Crippen LogP contribution is -2.41. The number of nitrogens with zero attached hydrogens (tertiary/aromatic N) is 2. The molecule has 4 nitrogen and oxygen atoms in total. The predicted octanol–water partition coefficient (Wildman–Crippen LogP) is 2.26. The second-order valence-corrected chi connectivity index (χ2v) is 4.48. The standard InChI is InChI=1S/C15H19FN2O2/c1-12(18(9-3-8-17)10-11-20-2)15(19)13-4-6-14(16)7-5-13/h4-7,12H,3,9-11H2,1-2H3. The topological polar surface area (TPSA) is 53.3 Å². The van der Waals surface area contributed by atoms with Gasteiger partial charge in [-0.05, 0) is 31.2 Å². The molecule has 0 saturated heterocycles. The molecule has 0 fully saturated rings. The van der Waals surface area contributed by atoms with Gasteiger partial charge in [-0.15, -0.1) is 0 Å². The van der Waals surface area contributed by atoms with E-state index in [1.165, 1.54) is 24.3 Å². The molecular weight excluding hydrogens is 259 g/mol. The van der Waals surface area contributed by atoms with Crippen LogP contribution in [0.25, 0.3) is 0 Å². The quantitative estimate of drug-likeness (QED) is 0.684. The van der Waals surface area contributed by atoms with E-state index in [2.05, 4.69) is 6.07 Å². The van der Waals surface area contributed by atoms with Crippen LogP contribution in [0.4, 0.5) is 4.39 Å². The van der Waals surface area contributed by atoms with Crippen molar-refractivity contribution in [2.24, 2.45) is 0 Å². The Morgan fingerprint density at radius 3 is 2.60 bits per heavy atom. The zero-order chi connectivity index (χ0) is 15.0. The van der Waals surface area contributed by atoms with Crippen molar-refractivity contribution < 1.29 is 13.9 Å². The Hall–Kier alpha value is -1.77. The molecule has 1 aromatic rings. The summed E-state index contributed by atoms with van der Waals surface area (Å²) in [5, 5.41) is 8.67. The Morgan fingerprint density at radius 1 is 1.40 bits per heavy atom. The van der Waals surface area contributed by atoms with Gasteiger partial charge in [0.15, 0.2) is 5.78 Å². The molecule has 0 amide bonds. The highest BCUT2D eigenvalue weighted by Crippen LogP contribution is 2.11. The SMILES string of the molecule is COCCN(CCC#N)C(C)C(=O)c1ccc(F)cc1. The van der Waals surface area contributed by atoms with E-state index in [0.717, 1.165) is 0 Å². The number of Topliss-reactive ketones (excluding diaryl/α,β-unsaturated/α-hetero) is 1. The molecule has 0 aliphatic rings. The first-order valence-corrected chi connectivity index (χ1v) is 6.50. The number of methoxy groups -OCH3 is 1. The Bertz CT molecular complexity index is 468. The van der Waals surface area contributed by atoms with Crippen LogP contribution >= 0.6 is 0 Å². The van der Waals surface area contributed by atoms with E-state index < -0.39 is 0 Å². The molecule has 0 saturated carbocycles. The second kappa shape index (κ2) is 8.41. The number of ketones is 1. The molecule has 5 heteroatoms. The molecular formula is C15H19FN2O2. The van der Waals surface area contributed by atoms with Gasteiger partial charge in [-0.1, -0.05) is 0 Å². The van der Waals surface area contributed by atoms with E-state index in [0.29, 0.717) is 31.7 Å². The lowest BCUT2D eigenvalue weighted by Gasteiger charge is -2.27. The highest BCUT2D eigenvalue weighted by molar-refractivity contribution is 5.99. The van der Waals surface area contributed by atoms with Crippen LogP contribution in [0, 0.1) is 17.1 Å². The number of carbonyl (C=O) groups excluding carboxylic acids is 1. The molecule has 0 N–H and O–H groups in total. The average Bonchev–Trinajstić information content (AvgIpc) is 2.47. The number of hydrogen-bond acceptors (Lipinski definition) is 4. The maximum absolute atomic E-state index is 12.9. The molecule has 0 radical (unpaired) electrons. The van der Waals surface area contributed by atoms with Crippen molar-refractivity contribution in [3.8, 4) is 6.07 Å². The van der Waals surface area contributed by atoms with Gasteiger partial charge in [-0.25, -0.2) is 4.39 Å². The molecule has 0 bridgehead atoms. The van der Waals surface area contributed by atoms with Gasteiger partial charge in [-0.3, -0.25) is 9.69 Å². The third kappa shape index (κ3) is 4.72. The lowest BCUT2D eigenvalue weighted by atomic mass is 10.0. The summed E-state index contributed by atoms with van der Waals surface area (Å²) in [6, 6.07) is 7.20. The molecule has 0 aliphatic carbocycles. The van der Waals surface area contributed by atoms with Gasteiger partial charge in [0.25, 0.3) is 0 Å². The van der Waals surface area contributed by atoms with Crippen molar-refractivity contribution in [1.82, 2.24) is 4.90 Å². The maximum atomic E-state index is 12.9. The fourth-order valence-electron chi connectivity index (χ4n) is 1.92.